The van der Waals surface area contributed by atoms with Crippen molar-refractivity contribution in [1.82, 2.24) is 4.90 Å². The van der Waals surface area contributed by atoms with E-state index in [0.29, 0.717) is 6.61 Å². The van der Waals surface area contributed by atoms with Gasteiger partial charge in [-0.1, -0.05) is 30.3 Å². The van der Waals surface area contributed by atoms with Crippen molar-refractivity contribution in [3.05, 3.63) is 35.9 Å². The third kappa shape index (κ3) is 3.35. The highest BCUT2D eigenvalue weighted by Gasteiger charge is 2.45. The second-order valence-electron chi connectivity index (χ2n) is 6.48. The number of methoxy groups -OCH3 is 1. The summed E-state index contributed by atoms with van der Waals surface area (Å²) >= 11 is 0. The van der Waals surface area contributed by atoms with Crippen LogP contribution in [0.3, 0.4) is 0 Å². The molecule has 3 aliphatic rings. The van der Waals surface area contributed by atoms with E-state index in [0.717, 1.165) is 38.3 Å². The quantitative estimate of drug-likeness (QED) is 0.836. The minimum Gasteiger partial charge on any atom is -0.379 e. The molecule has 0 bridgehead atoms. The predicted molar refractivity (Wildman–Crippen MR) is 86.5 cm³/mol. The summed E-state index contributed by atoms with van der Waals surface area (Å²) in [5, 5.41) is 0. The van der Waals surface area contributed by atoms with Crippen molar-refractivity contribution in [2.75, 3.05) is 40.0 Å². The van der Waals surface area contributed by atoms with Crippen LogP contribution in [0, 0.1) is 0 Å². The van der Waals surface area contributed by atoms with Crippen molar-refractivity contribution in [3.8, 4) is 0 Å². The minimum absolute atomic E-state index is 0.0169. The monoisotopic (exact) mass is 335 g/mol. The van der Waals surface area contributed by atoms with Crippen LogP contribution in [-0.4, -0.2) is 69.5 Å². The largest absolute Gasteiger partial charge is 0.379 e. The van der Waals surface area contributed by atoms with E-state index in [1.165, 1.54) is 0 Å². The van der Waals surface area contributed by atoms with Gasteiger partial charge in [0.15, 0.2) is 12.6 Å². The molecular weight excluding hydrogens is 310 g/mol. The van der Waals surface area contributed by atoms with Crippen LogP contribution in [0.2, 0.25) is 0 Å². The third-order valence-electron chi connectivity index (χ3n) is 5.04. The Morgan fingerprint density at radius 1 is 1.04 bits per heavy atom. The van der Waals surface area contributed by atoms with Crippen molar-refractivity contribution in [3.63, 3.8) is 0 Å². The molecule has 0 N–H and O–H groups in total. The molecule has 3 saturated heterocycles. The number of morpholine rings is 1. The summed E-state index contributed by atoms with van der Waals surface area (Å²) in [4.78, 5) is 2.39. The molecule has 0 saturated carbocycles. The minimum atomic E-state index is -0.319. The average molecular weight is 335 g/mol. The molecule has 0 aliphatic carbocycles. The van der Waals surface area contributed by atoms with Crippen LogP contribution in [-0.2, 0) is 23.7 Å². The van der Waals surface area contributed by atoms with Crippen molar-refractivity contribution >= 4 is 0 Å². The molecule has 1 unspecified atom stereocenters. The number of hydrogen-bond acceptors (Lipinski definition) is 6. The van der Waals surface area contributed by atoms with Gasteiger partial charge in [0.2, 0.25) is 0 Å². The summed E-state index contributed by atoms with van der Waals surface area (Å²) in [7, 11) is 1.70. The van der Waals surface area contributed by atoms with Crippen LogP contribution < -0.4 is 0 Å². The second kappa shape index (κ2) is 7.47. The zero-order valence-corrected chi connectivity index (χ0v) is 14.0. The van der Waals surface area contributed by atoms with E-state index >= 15 is 0 Å². The Morgan fingerprint density at radius 3 is 2.58 bits per heavy atom. The van der Waals surface area contributed by atoms with Crippen LogP contribution in [0.1, 0.15) is 18.3 Å². The maximum absolute atomic E-state index is 6.23. The second-order valence-corrected chi connectivity index (χ2v) is 6.48. The topological polar surface area (TPSA) is 49.4 Å². The highest BCUT2D eigenvalue weighted by atomic mass is 16.7. The van der Waals surface area contributed by atoms with Gasteiger partial charge in [-0.25, -0.2) is 0 Å². The van der Waals surface area contributed by atoms with Crippen LogP contribution in [0.25, 0.3) is 0 Å². The van der Waals surface area contributed by atoms with E-state index in [1.807, 2.05) is 30.3 Å². The molecule has 1 aromatic rings. The Morgan fingerprint density at radius 2 is 1.83 bits per heavy atom. The van der Waals surface area contributed by atoms with Crippen LogP contribution in [0.4, 0.5) is 0 Å². The van der Waals surface area contributed by atoms with E-state index in [-0.39, 0.29) is 30.8 Å². The molecule has 132 valence electrons. The first-order valence-corrected chi connectivity index (χ1v) is 8.67. The van der Waals surface area contributed by atoms with E-state index in [2.05, 4.69) is 4.90 Å². The molecule has 0 spiro atoms. The Labute approximate surface area is 142 Å². The highest BCUT2D eigenvalue weighted by molar-refractivity contribution is 5.16. The van der Waals surface area contributed by atoms with Gasteiger partial charge < -0.3 is 23.7 Å². The third-order valence-corrected chi connectivity index (χ3v) is 5.04. The van der Waals surface area contributed by atoms with Gasteiger partial charge in [0.05, 0.1) is 32.0 Å². The lowest BCUT2D eigenvalue weighted by Crippen LogP contribution is -2.60. The predicted octanol–water partition coefficient (Wildman–Crippen LogP) is 1.56. The van der Waals surface area contributed by atoms with Crippen molar-refractivity contribution in [2.45, 2.75) is 37.3 Å². The first-order chi connectivity index (χ1) is 11.8. The van der Waals surface area contributed by atoms with Crippen LogP contribution >= 0.6 is 0 Å². The first-order valence-electron chi connectivity index (χ1n) is 8.67. The molecule has 3 aliphatic heterocycles. The Hall–Kier alpha value is -1.02. The summed E-state index contributed by atoms with van der Waals surface area (Å²) in [5.41, 5.74) is 1.05. The molecule has 3 heterocycles. The fourth-order valence-corrected chi connectivity index (χ4v) is 3.75. The Bertz CT molecular complexity index is 521. The Kier molecular flexibility index (Phi) is 5.12. The smallest absolute Gasteiger partial charge is 0.184 e. The lowest BCUT2D eigenvalue weighted by Gasteiger charge is -2.48. The summed E-state index contributed by atoms with van der Waals surface area (Å²) in [6.07, 6.45) is 0.260. The number of rotatable bonds is 3. The van der Waals surface area contributed by atoms with E-state index in [4.69, 9.17) is 23.7 Å². The van der Waals surface area contributed by atoms with E-state index in [9.17, 15) is 0 Å². The lowest BCUT2D eigenvalue weighted by molar-refractivity contribution is -0.327. The molecule has 4 rings (SSSR count). The summed E-state index contributed by atoms with van der Waals surface area (Å²) in [6, 6.07) is 10.3. The molecule has 5 atom stereocenters. The molecule has 0 aromatic heterocycles. The number of fused-ring (bicyclic) bond motifs is 1. The number of nitrogens with zero attached hydrogens (tertiary/aromatic N) is 1. The van der Waals surface area contributed by atoms with Crippen LogP contribution in [0.15, 0.2) is 30.3 Å². The molecule has 1 aromatic carbocycles. The van der Waals surface area contributed by atoms with Gasteiger partial charge >= 0.3 is 0 Å². The highest BCUT2D eigenvalue weighted by Crippen LogP contribution is 2.35. The summed E-state index contributed by atoms with van der Waals surface area (Å²) in [5.74, 6) is 0. The SMILES string of the molecule is CO[C@H]1O[C@@H]2COC(c3ccccc3)O[C@H]2C[C@H]1N1CCOCC1. The number of hydrogen-bond donors (Lipinski definition) is 0. The normalized spacial score (nSPS) is 37.8. The summed E-state index contributed by atoms with van der Waals surface area (Å²) < 4.78 is 29.3. The molecule has 0 amide bonds. The Balaban J connectivity index is 1.46. The molecule has 24 heavy (non-hydrogen) atoms. The van der Waals surface area contributed by atoms with Crippen molar-refractivity contribution in [2.24, 2.45) is 0 Å². The van der Waals surface area contributed by atoms with Gasteiger partial charge in [-0.05, 0) is 6.42 Å². The number of ether oxygens (including phenoxy) is 5. The molecule has 3 fully saturated rings. The molecule has 0 radical (unpaired) electrons. The van der Waals surface area contributed by atoms with Gasteiger partial charge in [0.25, 0.3) is 0 Å². The zero-order chi connectivity index (χ0) is 16.4. The average Bonchev–Trinajstić information content (AvgIpc) is 2.68. The number of benzene rings is 1. The first kappa shape index (κ1) is 16.4. The zero-order valence-electron chi connectivity index (χ0n) is 14.0. The van der Waals surface area contributed by atoms with Gasteiger partial charge in [0.1, 0.15) is 6.10 Å². The van der Waals surface area contributed by atoms with Gasteiger partial charge in [0, 0.05) is 25.8 Å². The fourth-order valence-electron chi connectivity index (χ4n) is 3.75. The molecule has 6 heteroatoms. The maximum Gasteiger partial charge on any atom is 0.184 e. The van der Waals surface area contributed by atoms with Gasteiger partial charge in [-0.2, -0.15) is 0 Å². The van der Waals surface area contributed by atoms with Gasteiger partial charge in [-0.15, -0.1) is 0 Å². The standard InChI is InChI=1S/C18H25NO5/c1-20-18-14(19-7-9-21-10-8-19)11-15-16(24-18)12-22-17(23-15)13-5-3-2-4-6-13/h2-6,14-18H,7-12H2,1H3/t14-,15+,16-,17?,18+/m1/s1. The van der Waals surface area contributed by atoms with Crippen molar-refractivity contribution < 1.29 is 23.7 Å². The van der Waals surface area contributed by atoms with Gasteiger partial charge in [-0.3, -0.25) is 4.90 Å². The van der Waals surface area contributed by atoms with E-state index in [1.54, 1.807) is 7.11 Å². The van der Waals surface area contributed by atoms with Crippen LogP contribution in [0.5, 0.6) is 0 Å². The maximum atomic E-state index is 6.23. The summed E-state index contributed by atoms with van der Waals surface area (Å²) in [6.45, 7) is 3.86. The molecular formula is C18H25NO5. The fraction of sp³-hybridized carbons (Fsp3) is 0.667. The van der Waals surface area contributed by atoms with E-state index < -0.39 is 0 Å². The van der Waals surface area contributed by atoms with Crippen molar-refractivity contribution in [1.29, 1.82) is 0 Å². The molecule has 6 nitrogen and oxygen atoms in total. The lowest BCUT2D eigenvalue weighted by atomic mass is 9.97.